The number of aromatic nitrogens is 2. The molecule has 0 radical (unpaired) electrons. The van der Waals surface area contributed by atoms with Gasteiger partial charge in [0.15, 0.2) is 5.82 Å². The van der Waals surface area contributed by atoms with Gasteiger partial charge in [-0.3, -0.25) is 9.80 Å². The molecule has 0 bridgehead atoms. The maximum Gasteiger partial charge on any atom is 0.151 e. The van der Waals surface area contributed by atoms with E-state index in [1.807, 2.05) is 28.9 Å². The van der Waals surface area contributed by atoms with Gasteiger partial charge in [0.25, 0.3) is 0 Å². The molecule has 1 aromatic heterocycles. The second-order valence-electron chi connectivity index (χ2n) is 7.31. The quantitative estimate of drug-likeness (QED) is 0.784. The molecule has 146 valence electrons. The van der Waals surface area contributed by atoms with E-state index < -0.39 is 0 Å². The number of hydrogen-bond acceptors (Lipinski definition) is 5. The molecule has 0 saturated carbocycles. The second-order valence-corrected chi connectivity index (χ2v) is 7.75. The van der Waals surface area contributed by atoms with Gasteiger partial charge in [0.1, 0.15) is 0 Å². The van der Waals surface area contributed by atoms with Gasteiger partial charge in [-0.05, 0) is 31.2 Å². The molecule has 0 aliphatic carbocycles. The zero-order valence-corrected chi connectivity index (χ0v) is 16.7. The van der Waals surface area contributed by atoms with Crippen molar-refractivity contribution in [2.24, 2.45) is 0 Å². The van der Waals surface area contributed by atoms with Crippen LogP contribution in [0.1, 0.15) is 5.69 Å². The molecular weight excluding hydrogens is 362 g/mol. The number of aryl methyl sites for hydroxylation is 1. The minimum Gasteiger partial charge on any atom is -0.379 e. The minimum atomic E-state index is 0.747. The molecule has 0 atom stereocenters. The maximum atomic E-state index is 6.00. The maximum absolute atomic E-state index is 6.00. The van der Waals surface area contributed by atoms with Gasteiger partial charge in [-0.2, -0.15) is 5.10 Å². The fourth-order valence-electron chi connectivity index (χ4n) is 3.76. The molecule has 3 heterocycles. The Balaban J connectivity index is 1.31. The molecule has 2 aliphatic heterocycles. The fraction of sp³-hybridized carbons (Fsp3) is 0.550. The molecule has 2 saturated heterocycles. The first-order valence-corrected chi connectivity index (χ1v) is 10.2. The van der Waals surface area contributed by atoms with E-state index in [0.717, 1.165) is 87.8 Å². The second kappa shape index (κ2) is 8.61. The van der Waals surface area contributed by atoms with E-state index in [2.05, 4.69) is 27.7 Å². The fourth-order valence-corrected chi connectivity index (χ4v) is 3.89. The van der Waals surface area contributed by atoms with Crippen LogP contribution in [0.2, 0.25) is 5.02 Å². The average Bonchev–Trinajstić information content (AvgIpc) is 3.10. The molecule has 0 spiro atoms. The van der Waals surface area contributed by atoms with Crippen LogP contribution in [0.4, 0.5) is 5.82 Å². The standard InChI is InChI=1S/C20H28ClN5O/c1-17-16-20(22-26(17)19-4-2-18(21)3-5-19)25-10-8-23(9-11-25)6-7-24-12-14-27-15-13-24/h2-5,16H,6-15H2,1H3. The Bertz CT molecular complexity index is 733. The Hall–Kier alpha value is -1.60. The summed E-state index contributed by atoms with van der Waals surface area (Å²) in [5, 5.41) is 5.58. The summed E-state index contributed by atoms with van der Waals surface area (Å²) in [6.07, 6.45) is 0. The predicted octanol–water partition coefficient (Wildman–Crippen LogP) is 2.29. The highest BCUT2D eigenvalue weighted by Crippen LogP contribution is 2.21. The number of benzene rings is 1. The third-order valence-corrected chi connectivity index (χ3v) is 5.73. The smallest absolute Gasteiger partial charge is 0.151 e. The number of hydrogen-bond donors (Lipinski definition) is 0. The molecule has 0 amide bonds. The molecule has 1 aromatic carbocycles. The summed E-state index contributed by atoms with van der Waals surface area (Å²) >= 11 is 6.00. The Morgan fingerprint density at radius 3 is 2.22 bits per heavy atom. The predicted molar refractivity (Wildman–Crippen MR) is 109 cm³/mol. The molecule has 6 nitrogen and oxygen atoms in total. The molecule has 0 N–H and O–H groups in total. The van der Waals surface area contributed by atoms with Crippen LogP contribution in [-0.4, -0.2) is 85.2 Å². The SMILES string of the molecule is Cc1cc(N2CCN(CCN3CCOCC3)CC2)nn1-c1ccc(Cl)cc1. The topological polar surface area (TPSA) is 36.8 Å². The van der Waals surface area contributed by atoms with Crippen molar-refractivity contribution in [1.82, 2.24) is 19.6 Å². The lowest BCUT2D eigenvalue weighted by Crippen LogP contribution is -2.49. The third-order valence-electron chi connectivity index (χ3n) is 5.48. The van der Waals surface area contributed by atoms with Gasteiger partial charge in [0.05, 0.1) is 18.9 Å². The van der Waals surface area contributed by atoms with Crippen molar-refractivity contribution < 1.29 is 4.74 Å². The van der Waals surface area contributed by atoms with E-state index in [4.69, 9.17) is 21.4 Å². The van der Waals surface area contributed by atoms with Crippen LogP contribution in [0, 0.1) is 6.92 Å². The van der Waals surface area contributed by atoms with Crippen molar-refractivity contribution >= 4 is 17.4 Å². The van der Waals surface area contributed by atoms with Crippen molar-refractivity contribution in [2.45, 2.75) is 6.92 Å². The third kappa shape index (κ3) is 4.63. The van der Waals surface area contributed by atoms with E-state index in [1.165, 1.54) is 0 Å². The van der Waals surface area contributed by atoms with Crippen molar-refractivity contribution in [3.8, 4) is 5.69 Å². The monoisotopic (exact) mass is 389 g/mol. The van der Waals surface area contributed by atoms with Crippen molar-refractivity contribution in [3.05, 3.63) is 41.0 Å². The van der Waals surface area contributed by atoms with E-state index in [9.17, 15) is 0 Å². The lowest BCUT2D eigenvalue weighted by molar-refractivity contribution is 0.0331. The normalized spacial score (nSPS) is 19.6. The highest BCUT2D eigenvalue weighted by Gasteiger charge is 2.21. The summed E-state index contributed by atoms with van der Waals surface area (Å²) in [5.74, 6) is 1.07. The van der Waals surface area contributed by atoms with Crippen molar-refractivity contribution in [2.75, 3.05) is 70.5 Å². The molecule has 2 aliphatic rings. The van der Waals surface area contributed by atoms with Gasteiger partial charge < -0.3 is 9.64 Å². The summed E-state index contributed by atoms with van der Waals surface area (Å²) in [7, 11) is 0. The molecule has 4 rings (SSSR count). The van der Waals surface area contributed by atoms with E-state index >= 15 is 0 Å². The van der Waals surface area contributed by atoms with E-state index in [0.29, 0.717) is 0 Å². The molecular formula is C20H28ClN5O. The van der Waals surface area contributed by atoms with Gasteiger partial charge >= 0.3 is 0 Å². The number of rotatable bonds is 5. The average molecular weight is 390 g/mol. The van der Waals surface area contributed by atoms with Gasteiger partial charge in [-0.1, -0.05) is 11.6 Å². The van der Waals surface area contributed by atoms with E-state index in [1.54, 1.807) is 0 Å². The van der Waals surface area contributed by atoms with Crippen LogP contribution in [0.15, 0.2) is 30.3 Å². The number of halogens is 1. The van der Waals surface area contributed by atoms with Crippen molar-refractivity contribution in [3.63, 3.8) is 0 Å². The highest BCUT2D eigenvalue weighted by molar-refractivity contribution is 6.30. The van der Waals surface area contributed by atoms with Crippen LogP contribution in [-0.2, 0) is 4.74 Å². The van der Waals surface area contributed by atoms with Crippen LogP contribution in [0.3, 0.4) is 0 Å². The zero-order chi connectivity index (χ0) is 18.6. The lowest BCUT2D eigenvalue weighted by atomic mass is 10.3. The molecule has 0 unspecified atom stereocenters. The molecule has 2 fully saturated rings. The molecule has 2 aromatic rings. The number of nitrogens with zero attached hydrogens (tertiary/aromatic N) is 5. The Morgan fingerprint density at radius 1 is 0.926 bits per heavy atom. The van der Waals surface area contributed by atoms with Crippen LogP contribution < -0.4 is 4.90 Å². The minimum absolute atomic E-state index is 0.747. The van der Waals surface area contributed by atoms with Gasteiger partial charge in [-0.25, -0.2) is 4.68 Å². The summed E-state index contributed by atoms with van der Waals surface area (Å²) in [5.41, 5.74) is 2.19. The highest BCUT2D eigenvalue weighted by atomic mass is 35.5. The number of ether oxygens (including phenoxy) is 1. The van der Waals surface area contributed by atoms with Gasteiger partial charge in [0.2, 0.25) is 0 Å². The first-order chi connectivity index (χ1) is 13.2. The lowest BCUT2D eigenvalue weighted by Gasteiger charge is -2.36. The number of piperazine rings is 1. The van der Waals surface area contributed by atoms with Gasteiger partial charge in [0, 0.05) is 69.1 Å². The summed E-state index contributed by atoms with van der Waals surface area (Å²) in [6, 6.07) is 10.0. The number of morpholine rings is 1. The van der Waals surface area contributed by atoms with Crippen LogP contribution in [0.5, 0.6) is 0 Å². The zero-order valence-electron chi connectivity index (χ0n) is 16.0. The Kier molecular flexibility index (Phi) is 5.98. The first-order valence-electron chi connectivity index (χ1n) is 9.79. The largest absolute Gasteiger partial charge is 0.379 e. The Labute approximate surface area is 166 Å². The summed E-state index contributed by atoms with van der Waals surface area (Å²) < 4.78 is 7.42. The number of anilines is 1. The van der Waals surface area contributed by atoms with E-state index in [-0.39, 0.29) is 0 Å². The molecule has 27 heavy (non-hydrogen) atoms. The van der Waals surface area contributed by atoms with Crippen LogP contribution >= 0.6 is 11.6 Å². The van der Waals surface area contributed by atoms with Crippen LogP contribution in [0.25, 0.3) is 5.69 Å². The molecule has 7 heteroatoms. The summed E-state index contributed by atoms with van der Waals surface area (Å²) in [6.45, 7) is 12.5. The first kappa shape index (κ1) is 18.7. The van der Waals surface area contributed by atoms with Crippen molar-refractivity contribution in [1.29, 1.82) is 0 Å². The Morgan fingerprint density at radius 2 is 1.56 bits per heavy atom. The summed E-state index contributed by atoms with van der Waals surface area (Å²) in [4.78, 5) is 7.46. The van der Waals surface area contributed by atoms with Gasteiger partial charge in [-0.15, -0.1) is 0 Å².